The van der Waals surface area contributed by atoms with E-state index < -0.39 is 0 Å². The van der Waals surface area contributed by atoms with Crippen LogP contribution in [0.15, 0.2) is 0 Å². The highest BCUT2D eigenvalue weighted by Gasteiger charge is 2.49. The summed E-state index contributed by atoms with van der Waals surface area (Å²) < 4.78 is 10.7. The Hall–Kier alpha value is -0.120. The molecule has 74 valence electrons. The summed E-state index contributed by atoms with van der Waals surface area (Å²) in [5.74, 6) is 0. The fourth-order valence-corrected chi connectivity index (χ4v) is 3.04. The molecule has 0 N–H and O–H groups in total. The molecule has 3 heterocycles. The van der Waals surface area contributed by atoms with Crippen molar-refractivity contribution in [1.82, 2.24) is 4.90 Å². The smallest absolute Gasteiger partial charge is 0.0645 e. The molecule has 0 amide bonds. The van der Waals surface area contributed by atoms with Gasteiger partial charge in [-0.3, -0.25) is 4.90 Å². The molecule has 4 aliphatic rings. The van der Waals surface area contributed by atoms with E-state index in [0.29, 0.717) is 6.10 Å². The second-order valence-electron chi connectivity index (χ2n) is 4.51. The normalized spacial score (nSPS) is 45.5. The van der Waals surface area contributed by atoms with Gasteiger partial charge < -0.3 is 9.47 Å². The molecular formula is C10H17NO2. The predicted molar refractivity (Wildman–Crippen MR) is 48.7 cm³/mol. The molecule has 0 spiro atoms. The van der Waals surface area contributed by atoms with Gasteiger partial charge in [0.05, 0.1) is 25.4 Å². The summed E-state index contributed by atoms with van der Waals surface area (Å²) in [6, 6.07) is 2.34. The van der Waals surface area contributed by atoms with Gasteiger partial charge in [-0.2, -0.15) is 0 Å². The fraction of sp³-hybridized carbons (Fsp3) is 1.00. The van der Waals surface area contributed by atoms with Gasteiger partial charge in [0.2, 0.25) is 0 Å². The number of piperidine rings is 1. The first kappa shape index (κ1) is 8.21. The highest BCUT2D eigenvalue weighted by Crippen LogP contribution is 2.41. The summed E-state index contributed by atoms with van der Waals surface area (Å²) in [6.07, 6.45) is 4.41. The van der Waals surface area contributed by atoms with Crippen LogP contribution in [0.3, 0.4) is 0 Å². The standard InChI is InChI=1S/C10H17NO2/c1-12-10-3-7-2-8(4-10)11(7)9-5-13-6-9/h7-10H,2-6H2,1H3. The lowest BCUT2D eigenvalue weighted by Crippen LogP contribution is -2.69. The number of fused-ring (bicyclic) bond motifs is 2. The van der Waals surface area contributed by atoms with Crippen LogP contribution in [0.5, 0.6) is 0 Å². The van der Waals surface area contributed by atoms with Crippen molar-refractivity contribution in [2.75, 3.05) is 20.3 Å². The van der Waals surface area contributed by atoms with Gasteiger partial charge in [-0.05, 0) is 19.3 Å². The maximum atomic E-state index is 5.41. The monoisotopic (exact) mass is 183 g/mol. The van der Waals surface area contributed by atoms with Crippen LogP contribution in [-0.4, -0.2) is 49.5 Å². The molecule has 4 rings (SSSR count). The number of methoxy groups -OCH3 is 1. The van der Waals surface area contributed by atoms with E-state index in [0.717, 1.165) is 31.3 Å². The van der Waals surface area contributed by atoms with Crippen molar-refractivity contribution in [3.8, 4) is 0 Å². The Kier molecular flexibility index (Phi) is 1.86. The highest BCUT2D eigenvalue weighted by molar-refractivity contribution is 5.04. The van der Waals surface area contributed by atoms with Crippen LogP contribution in [0.25, 0.3) is 0 Å². The largest absolute Gasteiger partial charge is 0.381 e. The van der Waals surface area contributed by atoms with Crippen LogP contribution in [-0.2, 0) is 9.47 Å². The van der Waals surface area contributed by atoms with Crippen LogP contribution in [0.4, 0.5) is 0 Å². The van der Waals surface area contributed by atoms with E-state index in [1.165, 1.54) is 19.3 Å². The zero-order valence-electron chi connectivity index (χ0n) is 8.11. The van der Waals surface area contributed by atoms with Gasteiger partial charge in [0.25, 0.3) is 0 Å². The number of hydrogen-bond donors (Lipinski definition) is 0. The van der Waals surface area contributed by atoms with Crippen molar-refractivity contribution in [2.45, 2.75) is 43.5 Å². The molecule has 3 heteroatoms. The van der Waals surface area contributed by atoms with Gasteiger partial charge in [-0.1, -0.05) is 0 Å². The quantitative estimate of drug-likeness (QED) is 0.627. The average Bonchev–Trinajstić information content (AvgIpc) is 2.11. The lowest BCUT2D eigenvalue weighted by atomic mass is 9.76. The Labute approximate surface area is 79.0 Å². The van der Waals surface area contributed by atoms with E-state index in [2.05, 4.69) is 4.90 Å². The topological polar surface area (TPSA) is 21.7 Å². The minimum absolute atomic E-state index is 0.529. The van der Waals surface area contributed by atoms with E-state index in [-0.39, 0.29) is 0 Å². The Bertz CT molecular complexity index is 193. The van der Waals surface area contributed by atoms with Gasteiger partial charge in [0.1, 0.15) is 0 Å². The molecule has 0 aromatic heterocycles. The molecule has 0 aromatic carbocycles. The molecule has 1 saturated carbocycles. The van der Waals surface area contributed by atoms with Gasteiger partial charge in [-0.25, -0.2) is 0 Å². The van der Waals surface area contributed by atoms with Crippen molar-refractivity contribution < 1.29 is 9.47 Å². The molecule has 0 aromatic rings. The second kappa shape index (κ2) is 2.94. The van der Waals surface area contributed by atoms with Crippen molar-refractivity contribution in [3.63, 3.8) is 0 Å². The van der Waals surface area contributed by atoms with E-state index in [9.17, 15) is 0 Å². The lowest BCUT2D eigenvalue weighted by molar-refractivity contribution is -0.175. The average molecular weight is 183 g/mol. The van der Waals surface area contributed by atoms with Crippen LogP contribution in [0.2, 0.25) is 0 Å². The van der Waals surface area contributed by atoms with Crippen LogP contribution in [0.1, 0.15) is 19.3 Å². The first-order valence-electron chi connectivity index (χ1n) is 5.26. The third kappa shape index (κ3) is 1.14. The molecule has 2 unspecified atom stereocenters. The van der Waals surface area contributed by atoms with E-state index >= 15 is 0 Å². The number of rotatable bonds is 2. The van der Waals surface area contributed by atoms with Crippen LogP contribution >= 0.6 is 0 Å². The molecule has 3 saturated heterocycles. The first-order valence-corrected chi connectivity index (χ1v) is 5.26. The molecule has 3 nitrogen and oxygen atoms in total. The zero-order chi connectivity index (χ0) is 8.84. The molecule has 2 atom stereocenters. The van der Waals surface area contributed by atoms with Crippen molar-refractivity contribution in [3.05, 3.63) is 0 Å². The number of ether oxygens (including phenoxy) is 2. The maximum Gasteiger partial charge on any atom is 0.0645 e. The summed E-state index contributed by atoms with van der Waals surface area (Å²) in [4.78, 5) is 2.67. The van der Waals surface area contributed by atoms with Gasteiger partial charge in [0, 0.05) is 19.2 Å². The lowest BCUT2D eigenvalue weighted by Gasteiger charge is -2.59. The summed E-state index contributed by atoms with van der Waals surface area (Å²) in [5.41, 5.74) is 0. The highest BCUT2D eigenvalue weighted by atomic mass is 16.5. The number of hydrogen-bond acceptors (Lipinski definition) is 3. The summed E-state index contributed by atoms with van der Waals surface area (Å²) >= 11 is 0. The Balaban J connectivity index is 1.62. The van der Waals surface area contributed by atoms with E-state index in [1.54, 1.807) is 0 Å². The van der Waals surface area contributed by atoms with E-state index in [4.69, 9.17) is 9.47 Å². The molecule has 4 fully saturated rings. The summed E-state index contributed by atoms with van der Waals surface area (Å²) in [7, 11) is 1.84. The van der Waals surface area contributed by atoms with Crippen molar-refractivity contribution in [2.24, 2.45) is 0 Å². The van der Waals surface area contributed by atoms with E-state index in [1.807, 2.05) is 7.11 Å². The Morgan fingerprint density at radius 1 is 1.08 bits per heavy atom. The van der Waals surface area contributed by atoms with Crippen LogP contribution in [0, 0.1) is 0 Å². The Morgan fingerprint density at radius 3 is 2.23 bits per heavy atom. The van der Waals surface area contributed by atoms with Crippen molar-refractivity contribution in [1.29, 1.82) is 0 Å². The molecule has 2 bridgehead atoms. The summed E-state index contributed by atoms with van der Waals surface area (Å²) in [5, 5.41) is 0. The zero-order valence-corrected chi connectivity index (χ0v) is 8.11. The van der Waals surface area contributed by atoms with Gasteiger partial charge >= 0.3 is 0 Å². The fourth-order valence-electron chi connectivity index (χ4n) is 3.04. The predicted octanol–water partition coefficient (Wildman–Crippen LogP) is 0.637. The molecule has 0 radical (unpaired) electrons. The molecular weight excluding hydrogens is 166 g/mol. The Morgan fingerprint density at radius 2 is 1.77 bits per heavy atom. The van der Waals surface area contributed by atoms with Crippen molar-refractivity contribution >= 4 is 0 Å². The first-order chi connectivity index (χ1) is 6.38. The second-order valence-corrected chi connectivity index (χ2v) is 4.51. The molecule has 3 aliphatic heterocycles. The maximum absolute atomic E-state index is 5.41. The number of nitrogens with zero attached hydrogens (tertiary/aromatic N) is 1. The molecule has 1 aliphatic carbocycles. The van der Waals surface area contributed by atoms with Gasteiger partial charge in [-0.15, -0.1) is 0 Å². The third-order valence-electron chi connectivity index (χ3n) is 3.83. The van der Waals surface area contributed by atoms with Crippen LogP contribution < -0.4 is 0 Å². The minimum Gasteiger partial charge on any atom is -0.381 e. The summed E-state index contributed by atoms with van der Waals surface area (Å²) in [6.45, 7) is 1.93. The third-order valence-corrected chi connectivity index (χ3v) is 3.83. The molecule has 13 heavy (non-hydrogen) atoms. The SMILES string of the molecule is COC1CC2CC(C1)N2C1COC1. The minimum atomic E-state index is 0.529. The van der Waals surface area contributed by atoms with Gasteiger partial charge in [0.15, 0.2) is 0 Å².